The van der Waals surface area contributed by atoms with Crippen molar-refractivity contribution in [2.24, 2.45) is 5.92 Å². The maximum absolute atomic E-state index is 9.01. The minimum atomic E-state index is 0.148. The van der Waals surface area contributed by atoms with Crippen molar-refractivity contribution in [1.82, 2.24) is 0 Å². The zero-order valence-corrected chi connectivity index (χ0v) is 7.69. The summed E-state index contributed by atoms with van der Waals surface area (Å²) in [6.45, 7) is 0.299. The Morgan fingerprint density at radius 1 is 1.08 bits per heavy atom. The smallest absolute Gasteiger partial charge is 0.0463 e. The van der Waals surface area contributed by atoms with Crippen molar-refractivity contribution < 1.29 is 10.2 Å². The number of hydrogen-bond donors (Lipinski definition) is 2. The lowest BCUT2D eigenvalue weighted by molar-refractivity contribution is 0.183. The number of hydrogen-bond acceptors (Lipinski definition) is 2. The largest absolute Gasteiger partial charge is 0.396 e. The molecule has 1 aromatic rings. The van der Waals surface area contributed by atoms with Gasteiger partial charge in [0.05, 0.1) is 0 Å². The van der Waals surface area contributed by atoms with Gasteiger partial charge in [-0.2, -0.15) is 0 Å². The van der Waals surface area contributed by atoms with Gasteiger partial charge >= 0.3 is 0 Å². The first-order chi connectivity index (χ1) is 6.36. The Bertz CT molecular complexity index is 221. The molecule has 0 aliphatic carbocycles. The van der Waals surface area contributed by atoms with Crippen molar-refractivity contribution in [2.45, 2.75) is 12.8 Å². The van der Waals surface area contributed by atoms with Crippen LogP contribution in [0.2, 0.25) is 0 Å². The second-order valence-corrected chi connectivity index (χ2v) is 3.25. The molecule has 0 amide bonds. The number of aliphatic hydroxyl groups excluding tert-OH is 2. The molecule has 13 heavy (non-hydrogen) atoms. The third kappa shape index (κ3) is 3.57. The average Bonchev–Trinajstić information content (AvgIpc) is 2.19. The topological polar surface area (TPSA) is 40.5 Å². The SMILES string of the molecule is OCCC(CO)Cc1ccccc1. The molecule has 2 heteroatoms. The summed E-state index contributed by atoms with van der Waals surface area (Å²) in [6.07, 6.45) is 1.52. The molecule has 2 nitrogen and oxygen atoms in total. The molecule has 72 valence electrons. The van der Waals surface area contributed by atoms with Crippen LogP contribution in [-0.4, -0.2) is 23.4 Å². The second kappa shape index (κ2) is 5.73. The molecular weight excluding hydrogens is 164 g/mol. The highest BCUT2D eigenvalue weighted by molar-refractivity contribution is 5.15. The molecular formula is C11H16O2. The normalized spacial score (nSPS) is 12.8. The molecule has 0 heterocycles. The van der Waals surface area contributed by atoms with E-state index in [0.29, 0.717) is 6.42 Å². The van der Waals surface area contributed by atoms with Crippen LogP contribution in [0.5, 0.6) is 0 Å². The average molecular weight is 180 g/mol. The standard InChI is InChI=1S/C11H16O2/c12-7-6-11(9-13)8-10-4-2-1-3-5-10/h1-5,11-13H,6-9H2. The zero-order chi connectivity index (χ0) is 9.52. The van der Waals surface area contributed by atoms with Gasteiger partial charge < -0.3 is 10.2 Å². The summed E-state index contributed by atoms with van der Waals surface area (Å²) in [7, 11) is 0. The summed E-state index contributed by atoms with van der Waals surface area (Å²) >= 11 is 0. The van der Waals surface area contributed by atoms with Crippen LogP contribution in [0.1, 0.15) is 12.0 Å². The van der Waals surface area contributed by atoms with Gasteiger partial charge in [-0.1, -0.05) is 30.3 Å². The van der Waals surface area contributed by atoms with Gasteiger partial charge in [0.1, 0.15) is 0 Å². The molecule has 0 aliphatic rings. The van der Waals surface area contributed by atoms with Gasteiger partial charge in [-0.25, -0.2) is 0 Å². The molecule has 1 atom stereocenters. The van der Waals surface area contributed by atoms with Gasteiger partial charge in [0.25, 0.3) is 0 Å². The minimum absolute atomic E-state index is 0.148. The van der Waals surface area contributed by atoms with Gasteiger partial charge in [-0.3, -0.25) is 0 Å². The fraction of sp³-hybridized carbons (Fsp3) is 0.455. The number of aliphatic hydroxyl groups is 2. The van der Waals surface area contributed by atoms with Crippen LogP contribution in [0.15, 0.2) is 30.3 Å². The van der Waals surface area contributed by atoms with E-state index in [2.05, 4.69) is 0 Å². The lowest BCUT2D eigenvalue weighted by Gasteiger charge is -2.11. The van der Waals surface area contributed by atoms with Crippen molar-refractivity contribution in [3.8, 4) is 0 Å². The first kappa shape index (κ1) is 10.2. The quantitative estimate of drug-likeness (QED) is 0.715. The van der Waals surface area contributed by atoms with Crippen molar-refractivity contribution >= 4 is 0 Å². The van der Waals surface area contributed by atoms with E-state index < -0.39 is 0 Å². The van der Waals surface area contributed by atoms with Crippen molar-refractivity contribution in [3.63, 3.8) is 0 Å². The molecule has 1 unspecified atom stereocenters. The Labute approximate surface area is 78.8 Å². The fourth-order valence-electron chi connectivity index (χ4n) is 1.39. The molecule has 1 rings (SSSR count). The molecule has 0 fully saturated rings. The van der Waals surface area contributed by atoms with E-state index >= 15 is 0 Å². The van der Waals surface area contributed by atoms with E-state index in [1.54, 1.807) is 0 Å². The van der Waals surface area contributed by atoms with Crippen molar-refractivity contribution in [2.75, 3.05) is 13.2 Å². The highest BCUT2D eigenvalue weighted by atomic mass is 16.3. The highest BCUT2D eigenvalue weighted by Crippen LogP contribution is 2.10. The van der Waals surface area contributed by atoms with E-state index in [4.69, 9.17) is 10.2 Å². The summed E-state index contributed by atoms with van der Waals surface area (Å²) in [6, 6.07) is 10.0. The van der Waals surface area contributed by atoms with Gasteiger partial charge in [-0.05, 0) is 24.3 Å². The van der Waals surface area contributed by atoms with E-state index in [-0.39, 0.29) is 19.1 Å². The maximum Gasteiger partial charge on any atom is 0.0463 e. The van der Waals surface area contributed by atoms with Gasteiger partial charge in [0.15, 0.2) is 0 Å². The van der Waals surface area contributed by atoms with Crippen LogP contribution < -0.4 is 0 Å². The predicted octanol–water partition coefficient (Wildman–Crippen LogP) is 1.22. The first-order valence-electron chi connectivity index (χ1n) is 4.62. The summed E-state index contributed by atoms with van der Waals surface area (Å²) in [4.78, 5) is 0. The third-order valence-corrected chi connectivity index (χ3v) is 2.16. The lowest BCUT2D eigenvalue weighted by Crippen LogP contribution is -2.11. The van der Waals surface area contributed by atoms with Crippen LogP contribution in [-0.2, 0) is 6.42 Å². The van der Waals surface area contributed by atoms with Crippen molar-refractivity contribution in [1.29, 1.82) is 0 Å². The Morgan fingerprint density at radius 2 is 1.77 bits per heavy atom. The highest BCUT2D eigenvalue weighted by Gasteiger charge is 2.06. The number of benzene rings is 1. The lowest BCUT2D eigenvalue weighted by atomic mass is 9.97. The predicted molar refractivity (Wildman–Crippen MR) is 52.4 cm³/mol. The van der Waals surface area contributed by atoms with Crippen LogP contribution in [0, 0.1) is 5.92 Å². The molecule has 0 spiro atoms. The molecule has 0 bridgehead atoms. The van der Waals surface area contributed by atoms with Crippen LogP contribution in [0.25, 0.3) is 0 Å². The Hall–Kier alpha value is -0.860. The zero-order valence-electron chi connectivity index (χ0n) is 7.69. The summed E-state index contributed by atoms with van der Waals surface area (Å²) < 4.78 is 0. The maximum atomic E-state index is 9.01. The van der Waals surface area contributed by atoms with E-state index in [9.17, 15) is 0 Å². The van der Waals surface area contributed by atoms with Gasteiger partial charge in [0, 0.05) is 13.2 Å². The summed E-state index contributed by atoms with van der Waals surface area (Å²) in [5, 5.41) is 17.7. The molecule has 1 aromatic carbocycles. The Kier molecular flexibility index (Phi) is 4.50. The first-order valence-corrected chi connectivity index (χ1v) is 4.62. The van der Waals surface area contributed by atoms with Gasteiger partial charge in [-0.15, -0.1) is 0 Å². The number of rotatable bonds is 5. The molecule has 0 aliphatic heterocycles. The van der Waals surface area contributed by atoms with E-state index in [0.717, 1.165) is 6.42 Å². The van der Waals surface area contributed by atoms with Crippen LogP contribution >= 0.6 is 0 Å². The molecule has 0 saturated carbocycles. The summed E-state index contributed by atoms with van der Waals surface area (Å²) in [5.41, 5.74) is 1.22. The van der Waals surface area contributed by atoms with E-state index in [1.165, 1.54) is 5.56 Å². The molecule has 2 N–H and O–H groups in total. The van der Waals surface area contributed by atoms with Crippen LogP contribution in [0.3, 0.4) is 0 Å². The minimum Gasteiger partial charge on any atom is -0.396 e. The Morgan fingerprint density at radius 3 is 2.31 bits per heavy atom. The monoisotopic (exact) mass is 180 g/mol. The third-order valence-electron chi connectivity index (χ3n) is 2.16. The fourth-order valence-corrected chi connectivity index (χ4v) is 1.39. The second-order valence-electron chi connectivity index (χ2n) is 3.25. The molecule has 0 saturated heterocycles. The van der Waals surface area contributed by atoms with Gasteiger partial charge in [0.2, 0.25) is 0 Å². The molecule has 0 radical (unpaired) electrons. The summed E-state index contributed by atoms with van der Waals surface area (Å²) in [5.74, 6) is 0.187. The van der Waals surface area contributed by atoms with Crippen LogP contribution in [0.4, 0.5) is 0 Å². The molecule has 0 aromatic heterocycles. The Balaban J connectivity index is 2.46. The van der Waals surface area contributed by atoms with Crippen molar-refractivity contribution in [3.05, 3.63) is 35.9 Å². The van der Waals surface area contributed by atoms with E-state index in [1.807, 2.05) is 30.3 Å².